The molecule has 0 saturated carbocycles. The highest BCUT2D eigenvalue weighted by atomic mass is 35.5. The van der Waals surface area contributed by atoms with Crippen molar-refractivity contribution < 1.29 is 9.59 Å². The average molecular weight is 441 g/mol. The van der Waals surface area contributed by atoms with Crippen LogP contribution in [-0.2, 0) is 0 Å². The number of carbonyl (C=O) groups excluding carboxylic acids is 2. The first kappa shape index (κ1) is 19.5. The van der Waals surface area contributed by atoms with Crippen LogP contribution in [0.15, 0.2) is 60.7 Å². The number of rotatable bonds is 4. The molecule has 4 N–H and O–H groups in total. The summed E-state index contributed by atoms with van der Waals surface area (Å²) in [4.78, 5) is 24.9. The molecule has 1 heterocycles. The van der Waals surface area contributed by atoms with Crippen molar-refractivity contribution in [2.75, 3.05) is 5.73 Å². The predicted molar refractivity (Wildman–Crippen MR) is 120 cm³/mol. The molecule has 0 unspecified atom stereocenters. The molecule has 0 spiro atoms. The molecule has 0 saturated heterocycles. The molecule has 7 heteroatoms. The third-order valence-electron chi connectivity index (χ3n) is 4.59. The first-order valence-electron chi connectivity index (χ1n) is 8.57. The van der Waals surface area contributed by atoms with E-state index in [1.807, 2.05) is 24.3 Å². The third-order valence-corrected chi connectivity index (χ3v) is 6.31. The zero-order valence-corrected chi connectivity index (χ0v) is 17.2. The Labute approximate surface area is 180 Å². The van der Waals surface area contributed by atoms with Gasteiger partial charge in [-0.3, -0.25) is 9.59 Å². The number of benzene rings is 3. The lowest BCUT2D eigenvalue weighted by Gasteiger charge is -2.04. The predicted octanol–water partition coefficient (Wildman–Crippen LogP) is 5.79. The van der Waals surface area contributed by atoms with E-state index in [9.17, 15) is 9.59 Å². The van der Waals surface area contributed by atoms with E-state index in [0.29, 0.717) is 26.7 Å². The van der Waals surface area contributed by atoms with E-state index in [-0.39, 0.29) is 10.8 Å². The van der Waals surface area contributed by atoms with Crippen LogP contribution in [0.25, 0.3) is 21.2 Å². The number of hydrogen-bond donors (Lipinski definition) is 2. The molecule has 4 nitrogen and oxygen atoms in total. The van der Waals surface area contributed by atoms with Crippen LogP contribution in [-0.4, -0.2) is 11.7 Å². The second-order valence-electron chi connectivity index (χ2n) is 6.45. The number of nitrogens with two attached hydrogens (primary N) is 2. The minimum absolute atomic E-state index is 0.248. The molecule has 0 bridgehead atoms. The molecule has 29 heavy (non-hydrogen) atoms. The lowest BCUT2D eigenvalue weighted by Crippen LogP contribution is -2.10. The molecule has 0 atom stereocenters. The van der Waals surface area contributed by atoms with Gasteiger partial charge in [-0.1, -0.05) is 47.5 Å². The molecule has 4 rings (SSSR count). The van der Waals surface area contributed by atoms with Gasteiger partial charge in [0.25, 0.3) is 0 Å². The number of hydrogen-bond acceptors (Lipinski definition) is 4. The number of thiophene rings is 1. The number of primary amides is 1. The quantitative estimate of drug-likeness (QED) is 0.393. The van der Waals surface area contributed by atoms with E-state index in [4.69, 9.17) is 34.7 Å². The molecular formula is C22H14Cl2N2O2S. The average Bonchev–Trinajstić information content (AvgIpc) is 3.03. The molecule has 1 amide bonds. The van der Waals surface area contributed by atoms with Gasteiger partial charge in [-0.15, -0.1) is 11.3 Å². The summed E-state index contributed by atoms with van der Waals surface area (Å²) < 4.78 is 0.859. The van der Waals surface area contributed by atoms with Gasteiger partial charge in [0.1, 0.15) is 0 Å². The SMILES string of the molecule is NC(=O)c1cccc(-c2ccc3c(N)c(C(=O)c4ccc(Cl)cc4Cl)sc3c2)c1. The Morgan fingerprint density at radius 2 is 1.66 bits per heavy atom. The summed E-state index contributed by atoms with van der Waals surface area (Å²) in [6.07, 6.45) is 0. The fraction of sp³-hybridized carbons (Fsp3) is 0. The first-order chi connectivity index (χ1) is 13.8. The molecule has 0 radical (unpaired) electrons. The van der Waals surface area contributed by atoms with Crippen LogP contribution >= 0.6 is 34.5 Å². The summed E-state index contributed by atoms with van der Waals surface area (Å²) in [6.45, 7) is 0. The van der Waals surface area contributed by atoms with Crippen LogP contribution in [0.1, 0.15) is 25.6 Å². The van der Waals surface area contributed by atoms with Gasteiger partial charge in [-0.25, -0.2) is 0 Å². The Kier molecular flexibility index (Phi) is 5.04. The van der Waals surface area contributed by atoms with Crippen LogP contribution in [0.2, 0.25) is 10.0 Å². The first-order valence-corrected chi connectivity index (χ1v) is 10.1. The van der Waals surface area contributed by atoms with Crippen molar-refractivity contribution in [3.8, 4) is 11.1 Å². The van der Waals surface area contributed by atoms with E-state index in [0.717, 1.165) is 21.2 Å². The molecule has 144 valence electrons. The fourth-order valence-electron chi connectivity index (χ4n) is 3.11. The Bertz CT molecular complexity index is 1300. The fourth-order valence-corrected chi connectivity index (χ4v) is 4.72. The Morgan fingerprint density at radius 3 is 2.38 bits per heavy atom. The lowest BCUT2D eigenvalue weighted by molar-refractivity contribution is 0.0998. The van der Waals surface area contributed by atoms with E-state index < -0.39 is 5.91 Å². The number of carbonyl (C=O) groups is 2. The van der Waals surface area contributed by atoms with E-state index >= 15 is 0 Å². The summed E-state index contributed by atoms with van der Waals surface area (Å²) >= 11 is 13.4. The zero-order valence-electron chi connectivity index (χ0n) is 14.9. The van der Waals surface area contributed by atoms with Crippen molar-refractivity contribution in [2.45, 2.75) is 0 Å². The Morgan fingerprint density at radius 1 is 0.897 bits per heavy atom. The number of amides is 1. The lowest BCUT2D eigenvalue weighted by atomic mass is 10.0. The van der Waals surface area contributed by atoms with Crippen molar-refractivity contribution >= 4 is 62.0 Å². The maximum atomic E-state index is 13.0. The molecule has 1 aromatic heterocycles. The van der Waals surface area contributed by atoms with Crippen molar-refractivity contribution in [2.24, 2.45) is 5.73 Å². The molecule has 4 aromatic rings. The molecule has 0 aliphatic heterocycles. The second kappa shape index (κ2) is 7.52. The standard InChI is InChI=1S/C22H14Cl2N2O2S/c23-14-5-7-15(17(24)10-14)20(27)21-19(25)16-6-4-12(9-18(16)29-21)11-2-1-3-13(8-11)22(26)28/h1-10H,25H2,(H2,26,28). The summed E-state index contributed by atoms with van der Waals surface area (Å²) in [5, 5.41) is 1.53. The maximum Gasteiger partial charge on any atom is 0.248 e. The van der Waals surface area contributed by atoms with Crippen molar-refractivity contribution in [1.29, 1.82) is 0 Å². The summed E-state index contributed by atoms with van der Waals surface area (Å²) in [5.74, 6) is -0.733. The van der Waals surface area contributed by atoms with Gasteiger partial charge in [0.2, 0.25) is 11.7 Å². The normalized spacial score (nSPS) is 11.0. The molecule has 0 fully saturated rings. The number of fused-ring (bicyclic) bond motifs is 1. The summed E-state index contributed by atoms with van der Waals surface area (Å²) in [7, 11) is 0. The van der Waals surface area contributed by atoms with E-state index in [1.54, 1.807) is 30.3 Å². The van der Waals surface area contributed by atoms with Gasteiger partial charge >= 0.3 is 0 Å². The van der Waals surface area contributed by atoms with Crippen LogP contribution < -0.4 is 11.5 Å². The Balaban J connectivity index is 1.79. The van der Waals surface area contributed by atoms with Gasteiger partial charge in [-0.05, 0) is 47.5 Å². The van der Waals surface area contributed by atoms with Crippen molar-refractivity contribution in [3.63, 3.8) is 0 Å². The highest BCUT2D eigenvalue weighted by molar-refractivity contribution is 7.21. The zero-order chi connectivity index (χ0) is 20.7. The minimum atomic E-state index is -0.485. The second-order valence-corrected chi connectivity index (χ2v) is 8.35. The largest absolute Gasteiger partial charge is 0.397 e. The molecule has 0 aliphatic carbocycles. The topological polar surface area (TPSA) is 86.2 Å². The third kappa shape index (κ3) is 3.60. The van der Waals surface area contributed by atoms with Gasteiger partial charge in [-0.2, -0.15) is 0 Å². The minimum Gasteiger partial charge on any atom is -0.397 e. The van der Waals surface area contributed by atoms with Gasteiger partial charge < -0.3 is 11.5 Å². The van der Waals surface area contributed by atoms with Crippen LogP contribution in [0.5, 0.6) is 0 Å². The van der Waals surface area contributed by atoms with Crippen LogP contribution in [0.3, 0.4) is 0 Å². The number of nitrogen functional groups attached to an aromatic ring is 1. The van der Waals surface area contributed by atoms with Crippen LogP contribution in [0.4, 0.5) is 5.69 Å². The van der Waals surface area contributed by atoms with E-state index in [2.05, 4.69) is 0 Å². The van der Waals surface area contributed by atoms with Gasteiger partial charge in [0.15, 0.2) is 0 Å². The molecule has 0 aliphatic rings. The van der Waals surface area contributed by atoms with Crippen molar-refractivity contribution in [3.05, 3.63) is 86.7 Å². The summed E-state index contributed by atoms with van der Waals surface area (Å²) in [6, 6.07) is 17.5. The highest BCUT2D eigenvalue weighted by Crippen LogP contribution is 2.38. The van der Waals surface area contributed by atoms with Crippen LogP contribution in [0, 0.1) is 0 Å². The van der Waals surface area contributed by atoms with Gasteiger partial charge in [0.05, 0.1) is 15.6 Å². The van der Waals surface area contributed by atoms with Gasteiger partial charge in [0, 0.05) is 26.2 Å². The summed E-state index contributed by atoms with van der Waals surface area (Å²) in [5.41, 5.74) is 14.6. The van der Waals surface area contributed by atoms with Crippen molar-refractivity contribution in [1.82, 2.24) is 0 Å². The monoisotopic (exact) mass is 440 g/mol. The Hall–Kier alpha value is -2.86. The maximum absolute atomic E-state index is 13.0. The number of ketones is 1. The smallest absolute Gasteiger partial charge is 0.248 e. The molecule has 3 aromatic carbocycles. The van der Waals surface area contributed by atoms with E-state index in [1.165, 1.54) is 17.4 Å². The highest BCUT2D eigenvalue weighted by Gasteiger charge is 2.20. The number of halogens is 2. The number of anilines is 1. The molecular weight excluding hydrogens is 427 g/mol.